The summed E-state index contributed by atoms with van der Waals surface area (Å²) in [6.45, 7) is 0. The van der Waals surface area contributed by atoms with Crippen LogP contribution in [0.1, 0.15) is 0 Å². The van der Waals surface area contributed by atoms with Gasteiger partial charge in [0.25, 0.3) is 0 Å². The summed E-state index contributed by atoms with van der Waals surface area (Å²) in [6, 6.07) is 0. The van der Waals surface area contributed by atoms with Crippen molar-refractivity contribution in [2.75, 3.05) is 0 Å². The molecule has 0 radical (unpaired) electrons. The lowest BCUT2D eigenvalue weighted by Gasteiger charge is -1.74. The Morgan fingerprint density at radius 3 is 0.700 bits per heavy atom. The van der Waals surface area contributed by atoms with Crippen LogP contribution >= 0.6 is 24.8 Å². The summed E-state index contributed by atoms with van der Waals surface area (Å²) in [6.07, 6.45) is 0. The van der Waals surface area contributed by atoms with Gasteiger partial charge in [-0.15, -0.1) is 24.8 Å². The molecular formula is H2Cl2N2O6-2. The number of hydrogen-bond donors (Lipinski definition) is 0. The van der Waals surface area contributed by atoms with Crippen LogP contribution in [0.5, 0.6) is 0 Å². The van der Waals surface area contributed by atoms with E-state index in [1.54, 1.807) is 0 Å². The summed E-state index contributed by atoms with van der Waals surface area (Å²) in [4.78, 5) is 16.5. The van der Waals surface area contributed by atoms with E-state index >= 15 is 0 Å². The van der Waals surface area contributed by atoms with Gasteiger partial charge in [-0.3, -0.25) is 0 Å². The van der Waals surface area contributed by atoms with Gasteiger partial charge in [-0.2, -0.15) is 0 Å². The summed E-state index contributed by atoms with van der Waals surface area (Å²) in [7, 11) is 0. The molecule has 0 saturated carbocycles. The molecule has 8 nitrogen and oxygen atoms in total. The number of halogens is 2. The van der Waals surface area contributed by atoms with Crippen molar-refractivity contribution >= 4 is 24.8 Å². The molecule has 0 amide bonds. The van der Waals surface area contributed by atoms with Crippen molar-refractivity contribution in [3.05, 3.63) is 30.6 Å². The summed E-state index contributed by atoms with van der Waals surface area (Å²) in [5.74, 6) is 0. The highest BCUT2D eigenvalue weighted by Gasteiger charge is 1.46. The van der Waals surface area contributed by atoms with Gasteiger partial charge in [0.1, 0.15) is 0 Å². The van der Waals surface area contributed by atoms with Crippen LogP contribution in [0, 0.1) is 30.6 Å². The van der Waals surface area contributed by atoms with Gasteiger partial charge >= 0.3 is 0 Å². The van der Waals surface area contributed by atoms with Crippen molar-refractivity contribution in [2.45, 2.75) is 0 Å². The van der Waals surface area contributed by atoms with Crippen molar-refractivity contribution in [1.82, 2.24) is 0 Å². The van der Waals surface area contributed by atoms with Crippen LogP contribution in [0.3, 0.4) is 0 Å². The summed E-state index contributed by atoms with van der Waals surface area (Å²) >= 11 is 0. The molecule has 0 rings (SSSR count). The first-order valence-electron chi connectivity index (χ1n) is 1.10. The molecule has 0 aliphatic carbocycles. The molecule has 0 saturated heterocycles. The van der Waals surface area contributed by atoms with E-state index < -0.39 is 10.2 Å². The van der Waals surface area contributed by atoms with Gasteiger partial charge in [-0.25, -0.2) is 0 Å². The van der Waals surface area contributed by atoms with E-state index in [4.69, 9.17) is 30.6 Å². The predicted octanol–water partition coefficient (Wildman–Crippen LogP) is 0.365. The topological polar surface area (TPSA) is 132 Å². The van der Waals surface area contributed by atoms with Crippen molar-refractivity contribution in [3.8, 4) is 0 Å². The third kappa shape index (κ3) is 240. The molecule has 64 valence electrons. The van der Waals surface area contributed by atoms with E-state index in [9.17, 15) is 0 Å². The lowest BCUT2D eigenvalue weighted by atomic mass is 13.1. The Morgan fingerprint density at radius 2 is 0.700 bits per heavy atom. The Kier molecular flexibility index (Phi) is 36.1. The molecule has 0 aliphatic heterocycles. The van der Waals surface area contributed by atoms with Crippen LogP contribution < -0.4 is 0 Å². The third-order valence-electron chi connectivity index (χ3n) is 0. The molecule has 0 atom stereocenters. The minimum absolute atomic E-state index is 0. The van der Waals surface area contributed by atoms with Gasteiger partial charge in [0.15, 0.2) is 0 Å². The maximum Gasteiger partial charge on any atom is 0.0689 e. The monoisotopic (exact) mass is 196 g/mol. The van der Waals surface area contributed by atoms with Crippen molar-refractivity contribution in [2.24, 2.45) is 0 Å². The fourth-order valence-corrected chi connectivity index (χ4v) is 0. The SMILES string of the molecule is Cl.Cl.O=[N+]([O-])[O-].O=[N+]([O-])[O-]. The largest absolute Gasteiger partial charge is 0.356 e. The highest BCUT2D eigenvalue weighted by Crippen LogP contribution is 1.44. The van der Waals surface area contributed by atoms with Gasteiger partial charge in [0.2, 0.25) is 0 Å². The Morgan fingerprint density at radius 1 is 0.700 bits per heavy atom. The summed E-state index contributed by atoms with van der Waals surface area (Å²) < 4.78 is 0. The predicted molar refractivity (Wildman–Crippen MR) is 35.2 cm³/mol. The van der Waals surface area contributed by atoms with E-state index in [1.165, 1.54) is 0 Å². The van der Waals surface area contributed by atoms with Gasteiger partial charge in [-0.1, -0.05) is 0 Å². The van der Waals surface area contributed by atoms with Crippen LogP contribution in [0.2, 0.25) is 0 Å². The Hall–Kier alpha value is -1.02. The first-order valence-corrected chi connectivity index (χ1v) is 1.10. The quantitative estimate of drug-likeness (QED) is 0.406. The highest BCUT2D eigenvalue weighted by atomic mass is 35.5. The van der Waals surface area contributed by atoms with E-state index in [-0.39, 0.29) is 24.8 Å². The van der Waals surface area contributed by atoms with E-state index in [0.717, 1.165) is 0 Å². The highest BCUT2D eigenvalue weighted by molar-refractivity contribution is 5.85. The van der Waals surface area contributed by atoms with Crippen LogP contribution in [-0.4, -0.2) is 10.2 Å². The summed E-state index contributed by atoms with van der Waals surface area (Å²) in [5.41, 5.74) is 0. The molecule has 0 unspecified atom stereocenters. The summed E-state index contributed by atoms with van der Waals surface area (Å²) in [5, 5.41) is 29.5. The van der Waals surface area contributed by atoms with Crippen molar-refractivity contribution < 1.29 is 10.2 Å². The van der Waals surface area contributed by atoms with Gasteiger partial charge in [-0.05, 0) is 0 Å². The minimum Gasteiger partial charge on any atom is -0.356 e. The minimum atomic E-state index is -1.75. The van der Waals surface area contributed by atoms with Gasteiger partial charge < -0.3 is 30.6 Å². The first-order chi connectivity index (χ1) is 3.46. The number of nitrogens with zero attached hydrogens (tertiary/aromatic N) is 2. The van der Waals surface area contributed by atoms with Gasteiger partial charge in [0, 0.05) is 0 Å². The second kappa shape index (κ2) is 15.7. The van der Waals surface area contributed by atoms with Crippen LogP contribution in [0.15, 0.2) is 0 Å². The maximum atomic E-state index is 8.25. The average molecular weight is 197 g/mol. The zero-order valence-corrected chi connectivity index (χ0v) is 5.79. The molecule has 0 aliphatic rings. The van der Waals surface area contributed by atoms with Crippen LogP contribution in [0.25, 0.3) is 0 Å². The Labute approximate surface area is 66.5 Å². The van der Waals surface area contributed by atoms with Crippen molar-refractivity contribution in [3.63, 3.8) is 0 Å². The molecule has 10 heteroatoms. The van der Waals surface area contributed by atoms with Gasteiger partial charge in [0.05, 0.1) is 10.2 Å². The fourth-order valence-electron chi connectivity index (χ4n) is 0. The van der Waals surface area contributed by atoms with E-state index in [1.807, 2.05) is 0 Å². The number of hydrogen-bond acceptors (Lipinski definition) is 6. The lowest BCUT2D eigenvalue weighted by molar-refractivity contribution is -0.403. The second-order valence-electron chi connectivity index (χ2n) is 0.447. The zero-order chi connectivity index (χ0) is 7.15. The van der Waals surface area contributed by atoms with Crippen molar-refractivity contribution in [1.29, 1.82) is 0 Å². The Balaban J connectivity index is -0.0000000300. The Bertz CT molecular complexity index is 71.7. The molecule has 0 N–H and O–H groups in total. The van der Waals surface area contributed by atoms with E-state index in [2.05, 4.69) is 0 Å². The number of rotatable bonds is 0. The van der Waals surface area contributed by atoms with Crippen LogP contribution in [-0.2, 0) is 0 Å². The first kappa shape index (κ1) is 23.1. The normalized spacial score (nSPS) is 4.80. The fraction of sp³-hybridized carbons (Fsp3) is 0. The zero-order valence-electron chi connectivity index (χ0n) is 4.16. The molecule has 0 spiro atoms. The molecular weight excluding hydrogens is 195 g/mol. The molecule has 0 aromatic carbocycles. The van der Waals surface area contributed by atoms with E-state index in [0.29, 0.717) is 0 Å². The smallest absolute Gasteiger partial charge is 0.0689 e. The molecule has 0 aromatic heterocycles. The standard InChI is InChI=1S/2ClH.2NO3/c;;2*2-1(3)4/h2*1H;;/q;;2*-1. The molecule has 0 bridgehead atoms. The molecule has 0 heterocycles. The molecule has 10 heavy (non-hydrogen) atoms. The third-order valence-corrected chi connectivity index (χ3v) is 0. The second-order valence-corrected chi connectivity index (χ2v) is 0.447. The average Bonchev–Trinajstić information content (AvgIpc) is 1.25. The molecule has 0 fully saturated rings. The lowest BCUT2D eigenvalue weighted by Crippen LogP contribution is -1.74. The maximum absolute atomic E-state index is 8.25. The molecule has 0 aromatic rings. The van der Waals surface area contributed by atoms with Crippen LogP contribution in [0.4, 0.5) is 0 Å².